The SMILES string of the molecule is CCC[CH2][Sn]([CH2]CCC)([CH2]CCC)[CH2]/C(=C\c1ccccc1)[Si](C)(C)C. The Balaban J connectivity index is 3.19. The van der Waals surface area contributed by atoms with Gasteiger partial charge in [-0.3, -0.25) is 0 Å². The van der Waals surface area contributed by atoms with Gasteiger partial charge < -0.3 is 0 Å². The molecule has 0 amide bonds. The molecule has 0 saturated carbocycles. The van der Waals surface area contributed by atoms with E-state index in [1.54, 1.807) is 17.7 Å². The van der Waals surface area contributed by atoms with Gasteiger partial charge in [-0.25, -0.2) is 0 Å². The van der Waals surface area contributed by atoms with Crippen molar-refractivity contribution in [3.8, 4) is 0 Å². The Morgan fingerprint density at radius 1 is 0.808 bits per heavy atom. The fourth-order valence-electron chi connectivity index (χ4n) is 3.98. The van der Waals surface area contributed by atoms with Crippen LogP contribution in [0.5, 0.6) is 0 Å². The summed E-state index contributed by atoms with van der Waals surface area (Å²) in [5, 5.41) is 1.86. The van der Waals surface area contributed by atoms with Gasteiger partial charge >= 0.3 is 170 Å². The molecule has 0 atom stereocenters. The number of benzene rings is 1. The number of unbranched alkanes of at least 4 members (excludes halogenated alkanes) is 3. The average molecular weight is 479 g/mol. The third-order valence-corrected chi connectivity index (χ3v) is 24.4. The molecule has 0 bridgehead atoms. The quantitative estimate of drug-likeness (QED) is 0.248. The molecular weight excluding hydrogens is 435 g/mol. The second kappa shape index (κ2) is 12.4. The van der Waals surface area contributed by atoms with E-state index >= 15 is 0 Å². The van der Waals surface area contributed by atoms with Gasteiger partial charge in [0.05, 0.1) is 0 Å². The molecule has 0 heterocycles. The summed E-state index contributed by atoms with van der Waals surface area (Å²) in [7, 11) is -1.28. The molecule has 0 spiro atoms. The Hall–Kier alpha value is -0.0244. The van der Waals surface area contributed by atoms with E-state index in [1.165, 1.54) is 44.1 Å². The Morgan fingerprint density at radius 2 is 1.27 bits per heavy atom. The molecule has 1 rings (SSSR count). The van der Waals surface area contributed by atoms with E-state index in [-0.39, 0.29) is 0 Å². The average Bonchev–Trinajstić information content (AvgIpc) is 2.62. The predicted octanol–water partition coefficient (Wildman–Crippen LogP) is 8.80. The monoisotopic (exact) mass is 480 g/mol. The van der Waals surface area contributed by atoms with Gasteiger partial charge in [-0.05, 0) is 0 Å². The van der Waals surface area contributed by atoms with E-state index in [1.807, 2.05) is 5.20 Å². The third-order valence-electron chi connectivity index (χ3n) is 5.85. The van der Waals surface area contributed by atoms with Crippen LogP contribution in [0.25, 0.3) is 6.08 Å². The van der Waals surface area contributed by atoms with Crippen LogP contribution in [0, 0.1) is 0 Å². The first kappa shape index (κ1) is 24.0. The second-order valence-corrected chi connectivity index (χ2v) is 28.3. The van der Waals surface area contributed by atoms with E-state index in [9.17, 15) is 0 Å². The summed E-state index contributed by atoms with van der Waals surface area (Å²) in [6.07, 6.45) is 11.2. The zero-order chi connectivity index (χ0) is 19.5. The van der Waals surface area contributed by atoms with E-state index in [2.05, 4.69) is 76.8 Å². The number of hydrogen-bond acceptors (Lipinski definition) is 0. The van der Waals surface area contributed by atoms with Crippen molar-refractivity contribution in [2.75, 3.05) is 0 Å². The first-order chi connectivity index (χ1) is 12.4. The number of allylic oxidation sites excluding steroid dienone is 1. The Morgan fingerprint density at radius 3 is 1.65 bits per heavy atom. The third kappa shape index (κ3) is 8.78. The summed E-state index contributed by atoms with van der Waals surface area (Å²) in [4.78, 5) is 0. The molecule has 0 N–H and O–H groups in total. The van der Waals surface area contributed by atoms with Crippen molar-refractivity contribution in [2.24, 2.45) is 0 Å². The predicted molar refractivity (Wildman–Crippen MR) is 127 cm³/mol. The van der Waals surface area contributed by atoms with Gasteiger partial charge in [0.15, 0.2) is 0 Å². The fraction of sp³-hybridized carbons (Fsp3) is 0.667. The van der Waals surface area contributed by atoms with Crippen LogP contribution in [-0.4, -0.2) is 26.5 Å². The van der Waals surface area contributed by atoms with Gasteiger partial charge in [0.1, 0.15) is 0 Å². The Kier molecular flexibility index (Phi) is 11.5. The fourth-order valence-corrected chi connectivity index (χ4v) is 27.9. The molecule has 0 unspecified atom stereocenters. The summed E-state index contributed by atoms with van der Waals surface area (Å²) >= 11 is -2.11. The molecule has 148 valence electrons. The summed E-state index contributed by atoms with van der Waals surface area (Å²) in [6.45, 7) is 14.9. The summed E-state index contributed by atoms with van der Waals surface area (Å²) in [5.74, 6) is 0. The van der Waals surface area contributed by atoms with Gasteiger partial charge in [0.2, 0.25) is 0 Å². The van der Waals surface area contributed by atoms with E-state index in [0.29, 0.717) is 0 Å². The van der Waals surface area contributed by atoms with Gasteiger partial charge in [-0.2, -0.15) is 0 Å². The van der Waals surface area contributed by atoms with Crippen LogP contribution in [0.3, 0.4) is 0 Å². The van der Waals surface area contributed by atoms with Crippen LogP contribution in [0.15, 0.2) is 35.5 Å². The normalized spacial score (nSPS) is 13.2. The van der Waals surface area contributed by atoms with Crippen molar-refractivity contribution in [3.63, 3.8) is 0 Å². The molecule has 0 radical (unpaired) electrons. The number of hydrogen-bond donors (Lipinski definition) is 0. The van der Waals surface area contributed by atoms with Gasteiger partial charge in [0, 0.05) is 0 Å². The summed E-state index contributed by atoms with van der Waals surface area (Å²) < 4.78 is 6.42. The van der Waals surface area contributed by atoms with Crippen LogP contribution in [0.1, 0.15) is 64.9 Å². The van der Waals surface area contributed by atoms with Crippen LogP contribution in [-0.2, 0) is 0 Å². The van der Waals surface area contributed by atoms with Gasteiger partial charge in [0.25, 0.3) is 0 Å². The minimum atomic E-state index is -2.11. The first-order valence-electron chi connectivity index (χ1n) is 11.1. The molecular formula is C24H44SiSn. The second-order valence-electron chi connectivity index (χ2n) is 9.32. The molecule has 0 aromatic heterocycles. The van der Waals surface area contributed by atoms with Gasteiger partial charge in [-0.15, -0.1) is 0 Å². The van der Waals surface area contributed by atoms with Crippen molar-refractivity contribution in [3.05, 3.63) is 41.1 Å². The van der Waals surface area contributed by atoms with Crippen molar-refractivity contribution in [2.45, 2.75) is 96.7 Å². The Labute approximate surface area is 169 Å². The minimum absolute atomic E-state index is 1.28. The molecule has 1 aromatic rings. The molecule has 0 fully saturated rings. The molecule has 26 heavy (non-hydrogen) atoms. The van der Waals surface area contributed by atoms with E-state index < -0.39 is 26.5 Å². The van der Waals surface area contributed by atoms with Crippen molar-refractivity contribution in [1.82, 2.24) is 0 Å². The van der Waals surface area contributed by atoms with Crippen molar-refractivity contribution < 1.29 is 0 Å². The molecule has 2 heteroatoms. The molecule has 0 aliphatic rings. The molecule has 0 aliphatic carbocycles. The first-order valence-corrected chi connectivity index (χ1v) is 22.7. The molecule has 0 nitrogen and oxygen atoms in total. The van der Waals surface area contributed by atoms with Crippen LogP contribution in [0.4, 0.5) is 0 Å². The zero-order valence-electron chi connectivity index (χ0n) is 18.5. The van der Waals surface area contributed by atoms with Crippen molar-refractivity contribution >= 4 is 32.5 Å². The maximum absolute atomic E-state index is 2.60. The maximum atomic E-state index is 2.60. The molecule has 0 saturated heterocycles. The topological polar surface area (TPSA) is 0 Å². The van der Waals surface area contributed by atoms with Crippen molar-refractivity contribution in [1.29, 1.82) is 0 Å². The summed E-state index contributed by atoms with van der Waals surface area (Å²) in [6, 6.07) is 11.1. The Bertz CT molecular complexity index is 491. The van der Waals surface area contributed by atoms with Crippen LogP contribution < -0.4 is 0 Å². The summed E-state index contributed by atoms with van der Waals surface area (Å²) in [5.41, 5.74) is 1.42. The van der Waals surface area contributed by atoms with Gasteiger partial charge in [-0.1, -0.05) is 0 Å². The van der Waals surface area contributed by atoms with E-state index in [4.69, 9.17) is 0 Å². The molecule has 0 aliphatic heterocycles. The number of rotatable bonds is 13. The van der Waals surface area contributed by atoms with Crippen LogP contribution >= 0.6 is 0 Å². The van der Waals surface area contributed by atoms with E-state index in [0.717, 1.165) is 0 Å². The molecule has 1 aromatic carbocycles. The van der Waals surface area contributed by atoms with Crippen LogP contribution in [0.2, 0.25) is 37.4 Å². The zero-order valence-corrected chi connectivity index (χ0v) is 22.4. The standard InChI is InChI=1S/C12H17Si.3C4H9.Sn/c1-11(13(2,3)4)10-12-8-6-5-7-9-12;3*1-3-4-2;/h5-10H,1H2,2-4H3;3*1,3-4H2,2H3;/b11-10+;;;;.